The molecule has 1 saturated heterocycles. The monoisotopic (exact) mass is 485 g/mol. The van der Waals surface area contributed by atoms with Gasteiger partial charge in [-0.05, 0) is 38.5 Å². The normalized spacial score (nSPS) is 15.5. The standard InChI is InChI=1S/C23H27N5O3S2/c1-16-5-4-6-19(14-16)22-25-26-23(32-22)24-21(29)15-27-9-11-28(12-10-27)33(30,31)20-8-7-17(2)13-18(20)3/h4-8,13-14H,9-12,15H2,1-3H3,(H,24,26,29). The number of benzene rings is 2. The van der Waals surface area contributed by atoms with Crippen LogP contribution >= 0.6 is 11.3 Å². The SMILES string of the molecule is Cc1cccc(-c2nnc(NC(=O)CN3CCN(S(=O)(=O)c4ccc(C)cc4C)CC3)s2)c1. The maximum atomic E-state index is 13.0. The molecule has 0 aliphatic carbocycles. The van der Waals surface area contributed by atoms with Crippen molar-refractivity contribution < 1.29 is 13.2 Å². The van der Waals surface area contributed by atoms with Crippen LogP contribution in [-0.2, 0) is 14.8 Å². The summed E-state index contributed by atoms with van der Waals surface area (Å²) < 4.78 is 27.6. The van der Waals surface area contributed by atoms with Crippen LogP contribution in [0.4, 0.5) is 5.13 Å². The van der Waals surface area contributed by atoms with Crippen LogP contribution in [0.25, 0.3) is 10.6 Å². The quantitative estimate of drug-likeness (QED) is 0.577. The topological polar surface area (TPSA) is 95.5 Å². The lowest BCUT2D eigenvalue weighted by atomic mass is 10.1. The van der Waals surface area contributed by atoms with E-state index in [2.05, 4.69) is 15.5 Å². The smallest absolute Gasteiger partial charge is 0.243 e. The molecular weight excluding hydrogens is 458 g/mol. The van der Waals surface area contributed by atoms with Gasteiger partial charge in [-0.25, -0.2) is 8.42 Å². The van der Waals surface area contributed by atoms with E-state index < -0.39 is 10.0 Å². The van der Waals surface area contributed by atoms with Gasteiger partial charge in [0.1, 0.15) is 5.01 Å². The minimum absolute atomic E-state index is 0.177. The lowest BCUT2D eigenvalue weighted by Gasteiger charge is -2.33. The van der Waals surface area contributed by atoms with Crippen LogP contribution in [0.15, 0.2) is 47.4 Å². The van der Waals surface area contributed by atoms with Gasteiger partial charge in [0.2, 0.25) is 21.1 Å². The number of nitrogens with one attached hydrogen (secondary N) is 1. The van der Waals surface area contributed by atoms with Crippen LogP contribution in [0, 0.1) is 20.8 Å². The summed E-state index contributed by atoms with van der Waals surface area (Å²) in [5, 5.41) is 12.3. The number of hydrogen-bond acceptors (Lipinski definition) is 7. The summed E-state index contributed by atoms with van der Waals surface area (Å²) in [6.07, 6.45) is 0. The minimum atomic E-state index is -3.55. The number of carbonyl (C=O) groups is 1. The Kier molecular flexibility index (Phi) is 6.89. The van der Waals surface area contributed by atoms with E-state index in [0.717, 1.165) is 27.3 Å². The summed E-state index contributed by atoms with van der Waals surface area (Å²) in [5.41, 5.74) is 3.88. The van der Waals surface area contributed by atoms with E-state index in [0.29, 0.717) is 36.2 Å². The first-order valence-electron chi connectivity index (χ1n) is 10.7. The second-order valence-electron chi connectivity index (χ2n) is 8.28. The molecule has 3 aromatic rings. The predicted molar refractivity (Wildman–Crippen MR) is 130 cm³/mol. The summed E-state index contributed by atoms with van der Waals surface area (Å²) in [7, 11) is -3.55. The second-order valence-corrected chi connectivity index (χ2v) is 11.2. The minimum Gasteiger partial charge on any atom is -0.299 e. The first-order valence-corrected chi connectivity index (χ1v) is 13.0. The zero-order chi connectivity index (χ0) is 23.6. The van der Waals surface area contributed by atoms with E-state index in [4.69, 9.17) is 0 Å². The van der Waals surface area contributed by atoms with Crippen LogP contribution in [0.3, 0.4) is 0 Å². The van der Waals surface area contributed by atoms with E-state index in [9.17, 15) is 13.2 Å². The molecule has 4 rings (SSSR count). The molecule has 2 heterocycles. The Morgan fingerprint density at radius 1 is 1.00 bits per heavy atom. The van der Waals surface area contributed by atoms with Crippen LogP contribution in [-0.4, -0.2) is 66.5 Å². The summed E-state index contributed by atoms with van der Waals surface area (Å²) in [6.45, 7) is 7.62. The maximum absolute atomic E-state index is 13.0. The van der Waals surface area contributed by atoms with Gasteiger partial charge < -0.3 is 0 Å². The van der Waals surface area contributed by atoms with Crippen molar-refractivity contribution in [2.45, 2.75) is 25.7 Å². The highest BCUT2D eigenvalue weighted by molar-refractivity contribution is 7.89. The van der Waals surface area contributed by atoms with Gasteiger partial charge in [0, 0.05) is 31.7 Å². The highest BCUT2D eigenvalue weighted by Crippen LogP contribution is 2.27. The van der Waals surface area contributed by atoms with E-state index in [1.807, 2.05) is 62.1 Å². The van der Waals surface area contributed by atoms with E-state index in [1.165, 1.54) is 15.6 Å². The molecule has 0 saturated carbocycles. The number of anilines is 1. The van der Waals surface area contributed by atoms with Crippen molar-refractivity contribution in [2.24, 2.45) is 0 Å². The molecule has 174 valence electrons. The Bertz CT molecular complexity index is 1260. The molecule has 0 bridgehead atoms. The number of rotatable bonds is 6. The fourth-order valence-corrected chi connectivity index (χ4v) is 6.27. The average molecular weight is 486 g/mol. The molecule has 1 amide bonds. The van der Waals surface area contributed by atoms with Gasteiger partial charge in [-0.2, -0.15) is 4.31 Å². The molecule has 8 nitrogen and oxygen atoms in total. The Hall–Kier alpha value is -2.66. The lowest BCUT2D eigenvalue weighted by molar-refractivity contribution is -0.117. The van der Waals surface area contributed by atoms with E-state index in [1.54, 1.807) is 6.07 Å². The number of piperazine rings is 1. The average Bonchev–Trinajstić information content (AvgIpc) is 3.22. The Morgan fingerprint density at radius 2 is 1.73 bits per heavy atom. The Balaban J connectivity index is 1.31. The molecule has 33 heavy (non-hydrogen) atoms. The lowest BCUT2D eigenvalue weighted by Crippen LogP contribution is -2.50. The molecule has 1 aromatic heterocycles. The van der Waals surface area contributed by atoms with Crippen molar-refractivity contribution in [2.75, 3.05) is 38.0 Å². The van der Waals surface area contributed by atoms with Crippen molar-refractivity contribution in [3.8, 4) is 10.6 Å². The summed E-state index contributed by atoms with van der Waals surface area (Å²) >= 11 is 1.33. The molecule has 10 heteroatoms. The maximum Gasteiger partial charge on any atom is 0.243 e. The van der Waals surface area contributed by atoms with Crippen molar-refractivity contribution in [1.82, 2.24) is 19.4 Å². The summed E-state index contributed by atoms with van der Waals surface area (Å²) in [5.74, 6) is -0.187. The van der Waals surface area contributed by atoms with Crippen LogP contribution in [0.5, 0.6) is 0 Å². The zero-order valence-corrected chi connectivity index (χ0v) is 20.5. The van der Waals surface area contributed by atoms with Gasteiger partial charge in [-0.15, -0.1) is 10.2 Å². The molecular formula is C23H27N5O3S2. The van der Waals surface area contributed by atoms with Gasteiger partial charge in [0.15, 0.2) is 0 Å². The molecule has 2 aromatic carbocycles. The van der Waals surface area contributed by atoms with Crippen molar-refractivity contribution in [1.29, 1.82) is 0 Å². The summed E-state index contributed by atoms with van der Waals surface area (Å²) in [6, 6.07) is 13.3. The van der Waals surface area contributed by atoms with Crippen molar-refractivity contribution in [3.63, 3.8) is 0 Å². The molecule has 0 spiro atoms. The summed E-state index contributed by atoms with van der Waals surface area (Å²) in [4.78, 5) is 14.8. The van der Waals surface area contributed by atoms with Gasteiger partial charge in [-0.1, -0.05) is 52.8 Å². The number of hydrogen-bond donors (Lipinski definition) is 1. The largest absolute Gasteiger partial charge is 0.299 e. The molecule has 1 aliphatic heterocycles. The Morgan fingerprint density at radius 3 is 2.42 bits per heavy atom. The van der Waals surface area contributed by atoms with Crippen molar-refractivity contribution >= 4 is 32.4 Å². The van der Waals surface area contributed by atoms with Gasteiger partial charge in [0.05, 0.1) is 11.4 Å². The van der Waals surface area contributed by atoms with Crippen LogP contribution in [0.1, 0.15) is 16.7 Å². The van der Waals surface area contributed by atoms with Gasteiger partial charge in [0.25, 0.3) is 0 Å². The predicted octanol–water partition coefficient (Wildman–Crippen LogP) is 3.08. The van der Waals surface area contributed by atoms with Crippen LogP contribution < -0.4 is 5.32 Å². The van der Waals surface area contributed by atoms with E-state index >= 15 is 0 Å². The number of amides is 1. The zero-order valence-electron chi connectivity index (χ0n) is 18.9. The van der Waals surface area contributed by atoms with Gasteiger partial charge >= 0.3 is 0 Å². The number of aromatic nitrogens is 2. The Labute approximate surface area is 198 Å². The number of sulfonamides is 1. The highest BCUT2D eigenvalue weighted by Gasteiger charge is 2.30. The fraction of sp³-hybridized carbons (Fsp3) is 0.348. The third-order valence-electron chi connectivity index (χ3n) is 5.58. The second kappa shape index (κ2) is 9.68. The first-order chi connectivity index (χ1) is 15.7. The fourth-order valence-electron chi connectivity index (χ4n) is 3.89. The van der Waals surface area contributed by atoms with Crippen molar-refractivity contribution in [3.05, 3.63) is 59.2 Å². The molecule has 0 radical (unpaired) electrons. The number of aryl methyl sites for hydroxylation is 3. The van der Waals surface area contributed by atoms with E-state index in [-0.39, 0.29) is 12.5 Å². The molecule has 1 N–H and O–H groups in total. The molecule has 0 unspecified atom stereocenters. The third kappa shape index (κ3) is 5.47. The number of nitrogens with zero attached hydrogens (tertiary/aromatic N) is 4. The van der Waals surface area contributed by atoms with Gasteiger partial charge in [-0.3, -0.25) is 15.0 Å². The molecule has 1 fully saturated rings. The number of carbonyl (C=O) groups excluding carboxylic acids is 1. The van der Waals surface area contributed by atoms with Crippen LogP contribution in [0.2, 0.25) is 0 Å². The highest BCUT2D eigenvalue weighted by atomic mass is 32.2. The molecule has 1 aliphatic rings. The first kappa shape index (κ1) is 23.5. The molecule has 0 atom stereocenters. The third-order valence-corrected chi connectivity index (χ3v) is 8.53.